The lowest BCUT2D eigenvalue weighted by Gasteiger charge is -2.24. The predicted octanol–water partition coefficient (Wildman–Crippen LogP) is 5.19. The third-order valence-electron chi connectivity index (χ3n) is 4.70. The Morgan fingerprint density at radius 2 is 1.83 bits per heavy atom. The van der Waals surface area contributed by atoms with Crippen molar-refractivity contribution >= 4 is 17.6 Å². The van der Waals surface area contributed by atoms with Crippen molar-refractivity contribution in [3.05, 3.63) is 28.8 Å². The van der Waals surface area contributed by atoms with Crippen molar-refractivity contribution in [3.8, 4) is 0 Å². The van der Waals surface area contributed by atoms with Crippen molar-refractivity contribution in [1.82, 2.24) is 5.32 Å². The minimum absolute atomic E-state index is 0.00711. The summed E-state index contributed by atoms with van der Waals surface area (Å²) in [6.45, 7) is 11.6. The molecule has 0 saturated carbocycles. The number of halogens is 3. The molecule has 1 aliphatic rings. The van der Waals surface area contributed by atoms with Gasteiger partial charge in [0, 0.05) is 31.0 Å². The molecule has 0 radical (unpaired) electrons. The van der Waals surface area contributed by atoms with Crippen molar-refractivity contribution in [2.45, 2.75) is 66.5 Å². The van der Waals surface area contributed by atoms with Crippen LogP contribution in [0, 0.1) is 24.5 Å². The zero-order valence-electron chi connectivity index (χ0n) is 18.9. The molecule has 1 saturated heterocycles. The Labute approximate surface area is 177 Å². The average Bonchev–Trinajstić information content (AvgIpc) is 3.06. The lowest BCUT2D eigenvalue weighted by atomic mass is 10.0. The van der Waals surface area contributed by atoms with Gasteiger partial charge in [0.2, 0.25) is 0 Å². The number of ether oxygens (including phenoxy) is 1. The summed E-state index contributed by atoms with van der Waals surface area (Å²) >= 11 is 0. The fourth-order valence-corrected chi connectivity index (χ4v) is 3.36. The molecule has 1 aromatic rings. The SMILES string of the molecule is CC.CCC(=O)c1cc(F)c(N2CC(CF)C(NC(=O)OC(C)(C)C)C2)c(C)c1F. The highest BCUT2D eigenvalue weighted by Gasteiger charge is 2.37. The first kappa shape index (κ1) is 25.8. The van der Waals surface area contributed by atoms with Gasteiger partial charge in [-0.3, -0.25) is 9.18 Å². The minimum atomic E-state index is -0.774. The molecule has 170 valence electrons. The van der Waals surface area contributed by atoms with Crippen molar-refractivity contribution in [2.24, 2.45) is 5.92 Å². The second kappa shape index (κ2) is 10.7. The number of benzene rings is 1. The van der Waals surface area contributed by atoms with Crippen LogP contribution < -0.4 is 10.2 Å². The lowest BCUT2D eigenvalue weighted by Crippen LogP contribution is -2.43. The molecule has 0 bridgehead atoms. The molecule has 0 aliphatic carbocycles. The Kier molecular flexibility index (Phi) is 9.18. The summed E-state index contributed by atoms with van der Waals surface area (Å²) in [5, 5.41) is 2.62. The minimum Gasteiger partial charge on any atom is -0.444 e. The monoisotopic (exact) mass is 430 g/mol. The standard InChI is InChI=1S/C20H27F3N2O3.C2H6/c1-6-16(26)13-7-14(22)18(11(2)17(13)23)25-9-12(8-21)15(10-25)24-19(27)28-20(3,4)5;1-2/h7,12,15H,6,8-10H2,1-5H3,(H,24,27);1-2H3. The zero-order chi connectivity index (χ0) is 23.2. The number of ketones is 1. The van der Waals surface area contributed by atoms with Gasteiger partial charge in [-0.25, -0.2) is 13.6 Å². The number of alkyl carbamates (subject to hydrolysis) is 1. The molecule has 1 N–H and O–H groups in total. The molecule has 5 nitrogen and oxygen atoms in total. The van der Waals surface area contributed by atoms with Gasteiger partial charge < -0.3 is 15.0 Å². The van der Waals surface area contributed by atoms with E-state index in [9.17, 15) is 22.8 Å². The first-order valence-corrected chi connectivity index (χ1v) is 10.3. The second-order valence-electron chi connectivity index (χ2n) is 8.04. The molecule has 1 aromatic carbocycles. The van der Waals surface area contributed by atoms with E-state index >= 15 is 0 Å². The van der Waals surface area contributed by atoms with Crippen LogP contribution in [0.3, 0.4) is 0 Å². The number of anilines is 1. The van der Waals surface area contributed by atoms with Crippen LogP contribution in [0.1, 0.15) is 63.9 Å². The van der Waals surface area contributed by atoms with E-state index < -0.39 is 47.7 Å². The number of hydrogen-bond donors (Lipinski definition) is 1. The number of Topliss-reactive ketones (excluding diaryl/α,β-unsaturated/α-hetero) is 1. The summed E-state index contributed by atoms with van der Waals surface area (Å²) in [5.74, 6) is -2.60. The Morgan fingerprint density at radius 1 is 1.23 bits per heavy atom. The zero-order valence-corrected chi connectivity index (χ0v) is 18.9. The molecule has 0 spiro atoms. The molecule has 2 atom stereocenters. The second-order valence-corrected chi connectivity index (χ2v) is 8.04. The van der Waals surface area contributed by atoms with Gasteiger partial charge in [0.05, 0.1) is 24.0 Å². The van der Waals surface area contributed by atoms with E-state index in [4.69, 9.17) is 4.74 Å². The quantitative estimate of drug-likeness (QED) is 0.653. The van der Waals surface area contributed by atoms with Gasteiger partial charge in [-0.2, -0.15) is 0 Å². The van der Waals surface area contributed by atoms with Crippen LogP contribution in [0.15, 0.2) is 6.07 Å². The topological polar surface area (TPSA) is 58.6 Å². The maximum Gasteiger partial charge on any atom is 0.407 e. The van der Waals surface area contributed by atoms with Gasteiger partial charge in [0.25, 0.3) is 0 Å². The van der Waals surface area contributed by atoms with Crippen molar-refractivity contribution in [1.29, 1.82) is 0 Å². The first-order valence-electron chi connectivity index (χ1n) is 10.3. The summed E-state index contributed by atoms with van der Waals surface area (Å²) in [6, 6.07) is 0.279. The normalized spacial score (nSPS) is 18.5. The fraction of sp³-hybridized carbons (Fsp3) is 0.636. The van der Waals surface area contributed by atoms with Gasteiger partial charge in [0.1, 0.15) is 17.2 Å². The van der Waals surface area contributed by atoms with Crippen LogP contribution in [0.2, 0.25) is 0 Å². The van der Waals surface area contributed by atoms with E-state index in [0.29, 0.717) is 0 Å². The average molecular weight is 431 g/mol. The number of amides is 1. The largest absolute Gasteiger partial charge is 0.444 e. The molecule has 8 heteroatoms. The molecule has 1 fully saturated rings. The Balaban J connectivity index is 0.00000218. The number of hydrogen-bond acceptors (Lipinski definition) is 4. The molecule has 0 aromatic heterocycles. The molecular formula is C22H33F3N2O3. The molecule has 2 rings (SSSR count). The number of rotatable bonds is 5. The van der Waals surface area contributed by atoms with E-state index in [-0.39, 0.29) is 36.3 Å². The van der Waals surface area contributed by atoms with E-state index in [2.05, 4.69) is 5.32 Å². The Hall–Kier alpha value is -2.25. The summed E-state index contributed by atoms with van der Waals surface area (Å²) < 4.78 is 48.0. The van der Waals surface area contributed by atoms with Crippen LogP contribution >= 0.6 is 0 Å². The summed E-state index contributed by atoms with van der Waals surface area (Å²) in [7, 11) is 0. The highest BCUT2D eigenvalue weighted by Crippen LogP contribution is 2.33. The van der Waals surface area contributed by atoms with Crippen LogP contribution in [-0.4, -0.2) is 43.3 Å². The number of carbonyl (C=O) groups is 2. The molecule has 2 unspecified atom stereocenters. The lowest BCUT2D eigenvalue weighted by molar-refractivity contribution is 0.0494. The van der Waals surface area contributed by atoms with E-state index in [1.54, 1.807) is 27.7 Å². The van der Waals surface area contributed by atoms with Crippen molar-refractivity contribution < 1.29 is 27.5 Å². The molecular weight excluding hydrogens is 397 g/mol. The highest BCUT2D eigenvalue weighted by molar-refractivity contribution is 5.97. The number of alkyl halides is 1. The van der Waals surface area contributed by atoms with Crippen LogP contribution in [0.5, 0.6) is 0 Å². The molecule has 30 heavy (non-hydrogen) atoms. The summed E-state index contributed by atoms with van der Waals surface area (Å²) in [4.78, 5) is 25.3. The highest BCUT2D eigenvalue weighted by atomic mass is 19.1. The van der Waals surface area contributed by atoms with Crippen LogP contribution in [-0.2, 0) is 4.74 Å². The van der Waals surface area contributed by atoms with Crippen LogP contribution in [0.4, 0.5) is 23.7 Å². The van der Waals surface area contributed by atoms with Crippen molar-refractivity contribution in [2.75, 3.05) is 24.7 Å². The van der Waals surface area contributed by atoms with E-state index in [1.165, 1.54) is 11.8 Å². The van der Waals surface area contributed by atoms with E-state index in [0.717, 1.165) is 6.07 Å². The van der Waals surface area contributed by atoms with Gasteiger partial charge in [0.15, 0.2) is 5.78 Å². The maximum absolute atomic E-state index is 14.7. The van der Waals surface area contributed by atoms with Gasteiger partial charge in [-0.05, 0) is 33.8 Å². The smallest absolute Gasteiger partial charge is 0.407 e. The summed E-state index contributed by atoms with van der Waals surface area (Å²) in [6.07, 6.45) is -0.630. The Bertz CT molecular complexity index is 763. The fourth-order valence-electron chi connectivity index (χ4n) is 3.36. The first-order chi connectivity index (χ1) is 14.0. The van der Waals surface area contributed by atoms with Gasteiger partial charge >= 0.3 is 6.09 Å². The third kappa shape index (κ3) is 6.12. The van der Waals surface area contributed by atoms with Gasteiger partial charge in [-0.1, -0.05) is 20.8 Å². The summed E-state index contributed by atoms with van der Waals surface area (Å²) in [5.41, 5.74) is -1.02. The van der Waals surface area contributed by atoms with E-state index in [1.807, 2.05) is 13.8 Å². The van der Waals surface area contributed by atoms with Gasteiger partial charge in [-0.15, -0.1) is 0 Å². The molecule has 1 amide bonds. The molecule has 1 aliphatic heterocycles. The Morgan fingerprint density at radius 3 is 2.33 bits per heavy atom. The number of nitrogens with zero attached hydrogens (tertiary/aromatic N) is 1. The maximum atomic E-state index is 14.7. The molecule has 1 heterocycles. The van der Waals surface area contributed by atoms with Crippen molar-refractivity contribution in [3.63, 3.8) is 0 Å². The third-order valence-corrected chi connectivity index (χ3v) is 4.70. The number of carbonyl (C=O) groups excluding carboxylic acids is 2. The number of nitrogens with one attached hydrogen (secondary N) is 1. The predicted molar refractivity (Wildman–Crippen MR) is 112 cm³/mol. The van der Waals surface area contributed by atoms with Crippen LogP contribution in [0.25, 0.3) is 0 Å².